The highest BCUT2D eigenvalue weighted by Crippen LogP contribution is 2.30. The van der Waals surface area contributed by atoms with Crippen molar-refractivity contribution in [2.45, 2.75) is 96.2 Å². The van der Waals surface area contributed by atoms with Crippen molar-refractivity contribution >= 4 is 6.29 Å². The lowest BCUT2D eigenvalue weighted by Gasteiger charge is -1.97. The van der Waals surface area contributed by atoms with Crippen molar-refractivity contribution in [3.05, 3.63) is 12.2 Å². The molecular weight excluding hydrogens is 248 g/mol. The number of ether oxygens (including phenoxy) is 1. The minimum absolute atomic E-state index is 0.520. The molecule has 116 valence electrons. The third-order valence-corrected chi connectivity index (χ3v) is 4.01. The van der Waals surface area contributed by atoms with Crippen LogP contribution in [0.4, 0.5) is 0 Å². The zero-order valence-corrected chi connectivity index (χ0v) is 13.2. The summed E-state index contributed by atoms with van der Waals surface area (Å²) in [7, 11) is 0. The quantitative estimate of drug-likeness (QED) is 0.189. The molecule has 1 aliphatic rings. The fraction of sp³-hybridized carbons (Fsp3) is 0.833. The van der Waals surface area contributed by atoms with Crippen molar-refractivity contribution < 1.29 is 9.53 Å². The molecule has 2 nitrogen and oxygen atoms in total. The minimum atomic E-state index is 0.520. The van der Waals surface area contributed by atoms with Gasteiger partial charge in [-0.05, 0) is 32.1 Å². The second-order valence-corrected chi connectivity index (χ2v) is 5.93. The van der Waals surface area contributed by atoms with Gasteiger partial charge < -0.3 is 9.53 Å². The first-order valence-electron chi connectivity index (χ1n) is 8.62. The van der Waals surface area contributed by atoms with Gasteiger partial charge in [-0.2, -0.15) is 0 Å². The number of rotatable bonds is 14. The number of aldehydes is 1. The predicted molar refractivity (Wildman–Crippen MR) is 84.9 cm³/mol. The molecule has 20 heavy (non-hydrogen) atoms. The molecule has 1 heterocycles. The molecule has 1 saturated heterocycles. The fourth-order valence-corrected chi connectivity index (χ4v) is 2.60. The highest BCUT2D eigenvalue weighted by molar-refractivity contribution is 5.48. The Labute approximate surface area is 125 Å². The molecule has 2 atom stereocenters. The molecule has 1 rings (SSSR count). The van der Waals surface area contributed by atoms with Gasteiger partial charge in [0.2, 0.25) is 0 Å². The normalized spacial score (nSPS) is 21.4. The van der Waals surface area contributed by atoms with Gasteiger partial charge in [0.05, 0.1) is 12.2 Å². The van der Waals surface area contributed by atoms with E-state index in [1.807, 2.05) is 0 Å². The molecule has 0 amide bonds. The first-order chi connectivity index (χ1) is 9.88. The Bertz CT molecular complexity index is 260. The average Bonchev–Trinajstić information content (AvgIpc) is 3.20. The van der Waals surface area contributed by atoms with E-state index in [4.69, 9.17) is 4.74 Å². The van der Waals surface area contributed by atoms with E-state index in [1.54, 1.807) is 0 Å². The van der Waals surface area contributed by atoms with E-state index in [-0.39, 0.29) is 0 Å². The van der Waals surface area contributed by atoms with Crippen LogP contribution in [-0.4, -0.2) is 18.5 Å². The molecule has 1 aliphatic heterocycles. The van der Waals surface area contributed by atoms with Gasteiger partial charge in [-0.3, -0.25) is 0 Å². The average molecular weight is 280 g/mol. The summed E-state index contributed by atoms with van der Waals surface area (Å²) in [6, 6.07) is 0. The van der Waals surface area contributed by atoms with Crippen LogP contribution in [0.2, 0.25) is 0 Å². The van der Waals surface area contributed by atoms with E-state index in [0.29, 0.717) is 12.2 Å². The second kappa shape index (κ2) is 12.1. The smallest absolute Gasteiger partial charge is 0.119 e. The molecule has 0 aromatic rings. The molecule has 1 fully saturated rings. The fourth-order valence-electron chi connectivity index (χ4n) is 2.60. The summed E-state index contributed by atoms with van der Waals surface area (Å²) in [5, 5.41) is 0. The summed E-state index contributed by atoms with van der Waals surface area (Å²) in [5.74, 6) is 0. The van der Waals surface area contributed by atoms with E-state index in [9.17, 15) is 4.79 Å². The van der Waals surface area contributed by atoms with Crippen molar-refractivity contribution in [3.63, 3.8) is 0 Å². The Hall–Kier alpha value is -0.630. The highest BCUT2D eigenvalue weighted by atomic mass is 16.6. The monoisotopic (exact) mass is 280 g/mol. The maximum Gasteiger partial charge on any atom is 0.119 e. The van der Waals surface area contributed by atoms with Crippen LogP contribution >= 0.6 is 0 Å². The van der Waals surface area contributed by atoms with Crippen molar-refractivity contribution in [3.8, 4) is 0 Å². The molecule has 0 aromatic heterocycles. The Morgan fingerprint density at radius 3 is 2.35 bits per heavy atom. The summed E-state index contributed by atoms with van der Waals surface area (Å²) in [6.45, 7) is 2.25. The van der Waals surface area contributed by atoms with Crippen LogP contribution in [0.15, 0.2) is 12.2 Å². The van der Waals surface area contributed by atoms with Gasteiger partial charge in [-0.15, -0.1) is 0 Å². The SMILES string of the molecule is CCCCCC1OC1C/C=C/CCCCCCCC=O. The van der Waals surface area contributed by atoms with Crippen LogP contribution in [0.3, 0.4) is 0 Å². The molecule has 0 bridgehead atoms. The van der Waals surface area contributed by atoms with E-state index in [0.717, 1.165) is 25.5 Å². The lowest BCUT2D eigenvalue weighted by atomic mass is 10.1. The zero-order valence-electron chi connectivity index (χ0n) is 13.2. The number of epoxide rings is 1. The Morgan fingerprint density at radius 1 is 0.850 bits per heavy atom. The van der Waals surface area contributed by atoms with Gasteiger partial charge in [0, 0.05) is 6.42 Å². The molecule has 0 saturated carbocycles. The summed E-state index contributed by atoms with van der Waals surface area (Å²) in [4.78, 5) is 10.1. The van der Waals surface area contributed by atoms with Crippen LogP contribution in [0.1, 0.15) is 84.0 Å². The Balaban J connectivity index is 1.80. The summed E-state index contributed by atoms with van der Waals surface area (Å²) in [6.07, 6.45) is 21.1. The number of carbonyl (C=O) groups excluding carboxylic acids is 1. The van der Waals surface area contributed by atoms with E-state index < -0.39 is 0 Å². The van der Waals surface area contributed by atoms with Gasteiger partial charge >= 0.3 is 0 Å². The van der Waals surface area contributed by atoms with Crippen LogP contribution in [0.5, 0.6) is 0 Å². The number of unbranched alkanes of at least 4 members (excludes halogenated alkanes) is 8. The lowest BCUT2D eigenvalue weighted by molar-refractivity contribution is -0.107. The largest absolute Gasteiger partial charge is 0.369 e. The first-order valence-corrected chi connectivity index (χ1v) is 8.62. The third-order valence-electron chi connectivity index (χ3n) is 4.01. The molecule has 0 N–H and O–H groups in total. The van der Waals surface area contributed by atoms with Gasteiger partial charge in [0.25, 0.3) is 0 Å². The van der Waals surface area contributed by atoms with E-state index in [2.05, 4.69) is 19.1 Å². The topological polar surface area (TPSA) is 29.6 Å². The van der Waals surface area contributed by atoms with E-state index >= 15 is 0 Å². The van der Waals surface area contributed by atoms with Crippen LogP contribution in [0, 0.1) is 0 Å². The zero-order chi connectivity index (χ0) is 14.5. The number of carbonyl (C=O) groups is 1. The maximum atomic E-state index is 10.1. The van der Waals surface area contributed by atoms with Crippen LogP contribution in [-0.2, 0) is 9.53 Å². The maximum absolute atomic E-state index is 10.1. The molecule has 0 aliphatic carbocycles. The molecule has 0 spiro atoms. The summed E-state index contributed by atoms with van der Waals surface area (Å²) >= 11 is 0. The third kappa shape index (κ3) is 9.30. The van der Waals surface area contributed by atoms with Gasteiger partial charge in [0.1, 0.15) is 6.29 Å². The molecular formula is C18H32O2. The number of hydrogen-bond acceptors (Lipinski definition) is 2. The van der Waals surface area contributed by atoms with Crippen molar-refractivity contribution in [1.29, 1.82) is 0 Å². The van der Waals surface area contributed by atoms with Crippen molar-refractivity contribution in [2.75, 3.05) is 0 Å². The van der Waals surface area contributed by atoms with Crippen LogP contribution in [0.25, 0.3) is 0 Å². The van der Waals surface area contributed by atoms with Crippen molar-refractivity contribution in [1.82, 2.24) is 0 Å². The molecule has 0 radical (unpaired) electrons. The lowest BCUT2D eigenvalue weighted by Crippen LogP contribution is -1.92. The number of allylic oxidation sites excluding steroid dienone is 1. The standard InChI is InChI=1S/C18H32O2/c1-2-3-11-14-17-18(20-17)15-12-9-7-5-4-6-8-10-13-16-19/h9,12,16-18H,2-8,10-11,13-15H2,1H3/b12-9+. The minimum Gasteiger partial charge on any atom is -0.369 e. The summed E-state index contributed by atoms with van der Waals surface area (Å²) < 4.78 is 5.67. The van der Waals surface area contributed by atoms with E-state index in [1.165, 1.54) is 57.8 Å². The molecule has 0 aromatic carbocycles. The van der Waals surface area contributed by atoms with Crippen LogP contribution < -0.4 is 0 Å². The second-order valence-electron chi connectivity index (χ2n) is 5.93. The van der Waals surface area contributed by atoms with Gasteiger partial charge in [-0.1, -0.05) is 57.6 Å². The van der Waals surface area contributed by atoms with Gasteiger partial charge in [-0.25, -0.2) is 0 Å². The number of hydrogen-bond donors (Lipinski definition) is 0. The molecule has 2 heteroatoms. The highest BCUT2D eigenvalue weighted by Gasteiger charge is 2.36. The predicted octanol–water partition coefficient (Wildman–Crippen LogP) is 5.21. The van der Waals surface area contributed by atoms with Crippen molar-refractivity contribution in [2.24, 2.45) is 0 Å². The first kappa shape index (κ1) is 17.4. The Morgan fingerprint density at radius 2 is 1.60 bits per heavy atom. The molecule has 2 unspecified atom stereocenters. The summed E-state index contributed by atoms with van der Waals surface area (Å²) in [5.41, 5.74) is 0. The Kier molecular flexibility index (Phi) is 10.6. The van der Waals surface area contributed by atoms with Gasteiger partial charge in [0.15, 0.2) is 0 Å².